The predicted molar refractivity (Wildman–Crippen MR) is 79.4 cm³/mol. The van der Waals surface area contributed by atoms with Crippen LogP contribution < -0.4 is 4.72 Å². The van der Waals surface area contributed by atoms with Crippen LogP contribution in [0.5, 0.6) is 0 Å². The van der Waals surface area contributed by atoms with Crippen LogP contribution in [0.4, 0.5) is 0 Å². The minimum absolute atomic E-state index is 0.0200. The molecule has 1 aliphatic heterocycles. The number of halogens is 1. The first-order valence-corrected chi connectivity index (χ1v) is 8.74. The molecule has 2 N–H and O–H groups in total. The summed E-state index contributed by atoms with van der Waals surface area (Å²) in [6, 6.07) is 3.20. The second-order valence-corrected chi connectivity index (χ2v) is 7.54. The Kier molecular flexibility index (Phi) is 5.56. The molecule has 1 aromatic heterocycles. The van der Waals surface area contributed by atoms with Gasteiger partial charge in [0.15, 0.2) is 0 Å². The van der Waals surface area contributed by atoms with Gasteiger partial charge < -0.3 is 9.84 Å². The Morgan fingerprint density at radius 2 is 2.29 bits per heavy atom. The van der Waals surface area contributed by atoms with Crippen LogP contribution in [-0.4, -0.2) is 44.9 Å². The van der Waals surface area contributed by atoms with E-state index in [-0.39, 0.29) is 24.3 Å². The zero-order chi connectivity index (χ0) is 15.3. The largest absolute Gasteiger partial charge is 0.396 e. The molecular formula is C13H19ClN2O4S. The van der Waals surface area contributed by atoms with E-state index >= 15 is 0 Å². The number of hydrogen-bond acceptors (Lipinski definition) is 5. The molecule has 0 aliphatic carbocycles. The molecule has 2 heterocycles. The second-order valence-electron chi connectivity index (χ2n) is 5.35. The fourth-order valence-corrected chi connectivity index (χ4v) is 3.69. The van der Waals surface area contributed by atoms with Crippen molar-refractivity contribution in [3.05, 3.63) is 29.0 Å². The van der Waals surface area contributed by atoms with E-state index in [9.17, 15) is 8.42 Å². The minimum Gasteiger partial charge on any atom is -0.396 e. The first-order valence-electron chi connectivity index (χ1n) is 6.71. The average Bonchev–Trinajstić information content (AvgIpc) is 2.89. The third-order valence-electron chi connectivity index (χ3n) is 3.64. The molecule has 0 amide bonds. The van der Waals surface area contributed by atoms with Crippen LogP contribution in [-0.2, 0) is 20.5 Å². The molecule has 2 rings (SSSR count). The SMILES string of the molecule is O=S(=O)(Cc1ccc(Cl)nc1)NCC1(CCO)CCOC1. The molecule has 21 heavy (non-hydrogen) atoms. The van der Waals surface area contributed by atoms with Gasteiger partial charge in [-0.25, -0.2) is 18.1 Å². The second kappa shape index (κ2) is 7.02. The summed E-state index contributed by atoms with van der Waals surface area (Å²) in [5.74, 6) is -0.146. The quantitative estimate of drug-likeness (QED) is 0.725. The lowest BCUT2D eigenvalue weighted by molar-refractivity contribution is 0.128. The summed E-state index contributed by atoms with van der Waals surface area (Å²) < 4.78 is 32.2. The number of pyridine rings is 1. The van der Waals surface area contributed by atoms with Gasteiger partial charge in [0.1, 0.15) is 5.15 Å². The van der Waals surface area contributed by atoms with Crippen molar-refractivity contribution >= 4 is 21.6 Å². The summed E-state index contributed by atoms with van der Waals surface area (Å²) in [6.45, 7) is 1.37. The molecule has 8 heteroatoms. The van der Waals surface area contributed by atoms with Crippen LogP contribution in [0, 0.1) is 5.41 Å². The Bertz CT molecular complexity index is 556. The molecule has 1 saturated heterocycles. The lowest BCUT2D eigenvalue weighted by Gasteiger charge is -2.26. The van der Waals surface area contributed by atoms with E-state index in [2.05, 4.69) is 9.71 Å². The van der Waals surface area contributed by atoms with E-state index in [4.69, 9.17) is 21.4 Å². The first-order chi connectivity index (χ1) is 9.95. The van der Waals surface area contributed by atoms with Crippen molar-refractivity contribution in [2.75, 3.05) is 26.4 Å². The van der Waals surface area contributed by atoms with Crippen LogP contribution in [0.15, 0.2) is 18.3 Å². The van der Waals surface area contributed by atoms with Gasteiger partial charge in [-0.1, -0.05) is 17.7 Å². The van der Waals surface area contributed by atoms with Crippen LogP contribution >= 0.6 is 11.6 Å². The van der Waals surface area contributed by atoms with Gasteiger partial charge in [-0.05, 0) is 24.5 Å². The molecule has 0 radical (unpaired) electrons. The number of rotatable bonds is 7. The lowest BCUT2D eigenvalue weighted by atomic mass is 9.84. The van der Waals surface area contributed by atoms with E-state index in [1.54, 1.807) is 12.1 Å². The Labute approximate surface area is 129 Å². The van der Waals surface area contributed by atoms with Crippen molar-refractivity contribution in [2.45, 2.75) is 18.6 Å². The van der Waals surface area contributed by atoms with Gasteiger partial charge in [0.05, 0.1) is 12.4 Å². The van der Waals surface area contributed by atoms with Gasteiger partial charge in [0, 0.05) is 31.4 Å². The van der Waals surface area contributed by atoms with E-state index in [1.165, 1.54) is 6.20 Å². The van der Waals surface area contributed by atoms with Crippen molar-refractivity contribution < 1.29 is 18.3 Å². The Balaban J connectivity index is 1.95. The number of aliphatic hydroxyl groups is 1. The topological polar surface area (TPSA) is 88.5 Å². The summed E-state index contributed by atoms with van der Waals surface area (Å²) in [4.78, 5) is 3.86. The molecular weight excluding hydrogens is 316 g/mol. The van der Waals surface area contributed by atoms with E-state index < -0.39 is 10.0 Å². The highest BCUT2D eigenvalue weighted by Crippen LogP contribution is 2.31. The highest BCUT2D eigenvalue weighted by Gasteiger charge is 2.35. The predicted octanol–water partition coefficient (Wildman–Crippen LogP) is 0.944. The zero-order valence-corrected chi connectivity index (χ0v) is 13.2. The van der Waals surface area contributed by atoms with Crippen molar-refractivity contribution in [1.29, 1.82) is 0 Å². The molecule has 1 unspecified atom stereocenters. The van der Waals surface area contributed by atoms with Gasteiger partial charge >= 0.3 is 0 Å². The summed E-state index contributed by atoms with van der Waals surface area (Å²) in [5.41, 5.74) is 0.269. The minimum atomic E-state index is -3.46. The van der Waals surface area contributed by atoms with Crippen LogP contribution in [0.1, 0.15) is 18.4 Å². The number of hydrogen-bond donors (Lipinski definition) is 2. The van der Waals surface area contributed by atoms with Gasteiger partial charge in [-0.3, -0.25) is 0 Å². The maximum Gasteiger partial charge on any atom is 0.215 e. The van der Waals surface area contributed by atoms with E-state index in [1.807, 2.05) is 0 Å². The lowest BCUT2D eigenvalue weighted by Crippen LogP contribution is -2.39. The number of aromatic nitrogens is 1. The maximum atomic E-state index is 12.1. The smallest absolute Gasteiger partial charge is 0.215 e. The zero-order valence-electron chi connectivity index (χ0n) is 11.6. The molecule has 0 bridgehead atoms. The van der Waals surface area contributed by atoms with E-state index in [0.29, 0.717) is 30.4 Å². The summed E-state index contributed by atoms with van der Waals surface area (Å²) in [7, 11) is -3.46. The summed E-state index contributed by atoms with van der Waals surface area (Å²) in [6.07, 6.45) is 2.72. The Morgan fingerprint density at radius 1 is 1.48 bits per heavy atom. The summed E-state index contributed by atoms with van der Waals surface area (Å²) in [5, 5.41) is 9.46. The highest BCUT2D eigenvalue weighted by atomic mass is 35.5. The molecule has 1 aromatic rings. The number of aliphatic hydroxyl groups excluding tert-OH is 1. The molecule has 0 saturated carbocycles. The fraction of sp³-hybridized carbons (Fsp3) is 0.615. The van der Waals surface area contributed by atoms with Crippen LogP contribution in [0.25, 0.3) is 0 Å². The van der Waals surface area contributed by atoms with Crippen molar-refractivity contribution in [2.24, 2.45) is 5.41 Å². The number of sulfonamides is 1. The van der Waals surface area contributed by atoms with Gasteiger partial charge in [0.2, 0.25) is 10.0 Å². The average molecular weight is 335 g/mol. The number of nitrogens with one attached hydrogen (secondary N) is 1. The molecule has 118 valence electrons. The van der Waals surface area contributed by atoms with Crippen molar-refractivity contribution in [3.8, 4) is 0 Å². The standard InChI is InChI=1S/C13H19ClN2O4S/c14-12-2-1-11(7-15-12)8-21(18,19)16-9-13(3-5-17)4-6-20-10-13/h1-2,7,16-17H,3-6,8-10H2. The highest BCUT2D eigenvalue weighted by molar-refractivity contribution is 7.88. The summed E-state index contributed by atoms with van der Waals surface area (Å²) >= 11 is 5.67. The fourth-order valence-electron chi connectivity index (χ4n) is 2.34. The molecule has 6 nitrogen and oxygen atoms in total. The van der Waals surface area contributed by atoms with E-state index in [0.717, 1.165) is 6.42 Å². The Hall–Kier alpha value is -0.730. The molecule has 0 spiro atoms. The Morgan fingerprint density at radius 3 is 2.86 bits per heavy atom. The molecule has 1 atom stereocenters. The van der Waals surface area contributed by atoms with Gasteiger partial charge in [-0.2, -0.15) is 0 Å². The van der Waals surface area contributed by atoms with Gasteiger partial charge in [-0.15, -0.1) is 0 Å². The molecule has 1 aliphatic rings. The molecule has 1 fully saturated rings. The van der Waals surface area contributed by atoms with Crippen LogP contribution in [0.2, 0.25) is 5.15 Å². The maximum absolute atomic E-state index is 12.1. The van der Waals surface area contributed by atoms with Crippen molar-refractivity contribution in [3.63, 3.8) is 0 Å². The number of ether oxygens (including phenoxy) is 1. The van der Waals surface area contributed by atoms with Crippen LogP contribution in [0.3, 0.4) is 0 Å². The monoisotopic (exact) mass is 334 g/mol. The first kappa shape index (κ1) is 16.6. The number of nitrogens with zero attached hydrogens (tertiary/aromatic N) is 1. The third kappa shape index (κ3) is 4.89. The van der Waals surface area contributed by atoms with Gasteiger partial charge in [0.25, 0.3) is 0 Å². The molecule has 0 aromatic carbocycles. The van der Waals surface area contributed by atoms with Crippen molar-refractivity contribution in [1.82, 2.24) is 9.71 Å². The normalized spacial score (nSPS) is 22.6. The third-order valence-corrected chi connectivity index (χ3v) is 5.16.